The van der Waals surface area contributed by atoms with E-state index in [0.717, 1.165) is 17.5 Å². The molecular weight excluding hydrogens is 216 g/mol. The molecule has 2 rings (SSSR count). The Bertz CT molecular complexity index is 455. The lowest BCUT2D eigenvalue weighted by Gasteiger charge is -2.30. The van der Waals surface area contributed by atoms with Gasteiger partial charge in [0.2, 0.25) is 0 Å². The van der Waals surface area contributed by atoms with E-state index >= 15 is 0 Å². The van der Waals surface area contributed by atoms with Gasteiger partial charge < -0.3 is 4.74 Å². The maximum atomic E-state index is 11.4. The summed E-state index contributed by atoms with van der Waals surface area (Å²) < 4.78 is 5.70. The molecule has 1 aliphatic rings. The zero-order chi connectivity index (χ0) is 12.4. The molecule has 1 amide bonds. The van der Waals surface area contributed by atoms with Crippen molar-refractivity contribution in [1.29, 1.82) is 0 Å². The zero-order valence-electron chi connectivity index (χ0n) is 10.1. The normalized spacial score (nSPS) is 18.9. The average Bonchev–Trinajstić information content (AvgIpc) is 2.36. The van der Waals surface area contributed by atoms with E-state index in [4.69, 9.17) is 4.74 Å². The van der Waals surface area contributed by atoms with Gasteiger partial charge in [0.15, 0.2) is 0 Å². The Morgan fingerprint density at radius 1 is 1.47 bits per heavy atom. The molecule has 17 heavy (non-hydrogen) atoms. The number of aliphatic imine (C=N–C) groups is 1. The lowest BCUT2D eigenvalue weighted by molar-refractivity contribution is -0.0550. The Kier molecular flexibility index (Phi) is 3.36. The van der Waals surface area contributed by atoms with Crippen molar-refractivity contribution in [2.24, 2.45) is 4.99 Å². The fourth-order valence-electron chi connectivity index (χ4n) is 1.95. The van der Waals surface area contributed by atoms with Crippen molar-refractivity contribution in [1.82, 2.24) is 4.90 Å². The summed E-state index contributed by atoms with van der Waals surface area (Å²) in [6.07, 6.45) is 0.866. The highest BCUT2D eigenvalue weighted by atomic mass is 16.5. The summed E-state index contributed by atoms with van der Waals surface area (Å²) in [5.74, 6) is -0.277. The molecule has 4 heteroatoms. The summed E-state index contributed by atoms with van der Waals surface area (Å²) in [4.78, 5) is 16.9. The molecule has 0 radical (unpaired) electrons. The van der Waals surface area contributed by atoms with Crippen LogP contribution in [0.5, 0.6) is 0 Å². The summed E-state index contributed by atoms with van der Waals surface area (Å²) in [7, 11) is 3.96. The van der Waals surface area contributed by atoms with E-state index in [1.165, 1.54) is 0 Å². The Hall–Kier alpha value is -1.52. The first-order valence-electron chi connectivity index (χ1n) is 5.52. The first kappa shape index (κ1) is 12.0. The smallest absolute Gasteiger partial charge is 0.276 e. The third-order valence-electron chi connectivity index (χ3n) is 3.00. The highest BCUT2D eigenvalue weighted by Gasteiger charge is 2.21. The van der Waals surface area contributed by atoms with Gasteiger partial charge in [0.25, 0.3) is 5.91 Å². The third-order valence-corrected chi connectivity index (χ3v) is 3.00. The Balaban J connectivity index is 2.29. The molecular formula is C13H16N2O2. The number of nitrogens with zero attached hydrogens (tertiary/aromatic N) is 2. The van der Waals surface area contributed by atoms with Crippen molar-refractivity contribution >= 4 is 12.6 Å². The van der Waals surface area contributed by atoms with Gasteiger partial charge in [0, 0.05) is 12.0 Å². The molecule has 0 spiro atoms. The van der Waals surface area contributed by atoms with Crippen LogP contribution in [0, 0.1) is 0 Å². The quantitative estimate of drug-likeness (QED) is 0.725. The van der Waals surface area contributed by atoms with Crippen molar-refractivity contribution < 1.29 is 9.53 Å². The number of hydrogen-bond acceptors (Lipinski definition) is 3. The predicted octanol–water partition coefficient (Wildman–Crippen LogP) is 1.49. The number of ether oxygens (including phenoxy) is 1. The van der Waals surface area contributed by atoms with Crippen LogP contribution in [0.2, 0.25) is 0 Å². The van der Waals surface area contributed by atoms with Crippen LogP contribution in [-0.4, -0.2) is 37.8 Å². The number of carbonyl (C=O) groups excluding carboxylic acids is 1. The fourth-order valence-corrected chi connectivity index (χ4v) is 1.95. The number of amides is 1. The molecule has 0 saturated carbocycles. The van der Waals surface area contributed by atoms with Crippen molar-refractivity contribution in [2.45, 2.75) is 19.3 Å². The molecule has 0 saturated heterocycles. The topological polar surface area (TPSA) is 41.9 Å². The lowest BCUT2D eigenvalue weighted by atomic mass is 9.98. The van der Waals surface area contributed by atoms with Gasteiger partial charge in [-0.3, -0.25) is 9.69 Å². The van der Waals surface area contributed by atoms with Crippen LogP contribution in [0.1, 0.15) is 21.5 Å². The minimum atomic E-state index is -0.277. The maximum absolute atomic E-state index is 11.4. The largest absolute Gasteiger partial charge is 0.358 e. The monoisotopic (exact) mass is 232 g/mol. The van der Waals surface area contributed by atoms with E-state index in [-0.39, 0.29) is 12.1 Å². The van der Waals surface area contributed by atoms with Gasteiger partial charge in [-0.2, -0.15) is 0 Å². The van der Waals surface area contributed by atoms with Gasteiger partial charge in [-0.1, -0.05) is 6.07 Å². The van der Waals surface area contributed by atoms with E-state index in [1.807, 2.05) is 31.1 Å². The second-order valence-electron chi connectivity index (χ2n) is 4.38. The van der Waals surface area contributed by atoms with Crippen LogP contribution < -0.4 is 0 Å². The lowest BCUT2D eigenvalue weighted by Crippen LogP contribution is -2.35. The Labute approximate surface area is 101 Å². The summed E-state index contributed by atoms with van der Waals surface area (Å²) in [5, 5.41) is 0. The summed E-state index contributed by atoms with van der Waals surface area (Å²) in [5.41, 5.74) is 2.89. The fraction of sp³-hybridized carbons (Fsp3) is 0.385. The summed E-state index contributed by atoms with van der Waals surface area (Å²) in [6.45, 7) is 3.85. The van der Waals surface area contributed by atoms with Crippen LogP contribution >= 0.6 is 0 Å². The number of benzene rings is 1. The van der Waals surface area contributed by atoms with Crippen molar-refractivity contribution in [3.05, 3.63) is 34.9 Å². The molecule has 0 fully saturated rings. The summed E-state index contributed by atoms with van der Waals surface area (Å²) in [6, 6.07) is 5.60. The van der Waals surface area contributed by atoms with Gasteiger partial charge in [-0.25, -0.2) is 4.99 Å². The van der Waals surface area contributed by atoms with Crippen LogP contribution in [-0.2, 0) is 17.8 Å². The zero-order valence-corrected chi connectivity index (χ0v) is 10.1. The van der Waals surface area contributed by atoms with Crippen molar-refractivity contribution in [3.8, 4) is 0 Å². The molecule has 0 aromatic heterocycles. The van der Waals surface area contributed by atoms with Gasteiger partial charge in [0.1, 0.15) is 6.23 Å². The number of fused-ring (bicyclic) bond motifs is 1. The van der Waals surface area contributed by atoms with E-state index in [0.29, 0.717) is 12.2 Å². The second-order valence-corrected chi connectivity index (χ2v) is 4.38. The van der Waals surface area contributed by atoms with Crippen LogP contribution in [0.25, 0.3) is 0 Å². The van der Waals surface area contributed by atoms with E-state index in [2.05, 4.69) is 11.7 Å². The summed E-state index contributed by atoms with van der Waals surface area (Å²) >= 11 is 0. The van der Waals surface area contributed by atoms with E-state index in [1.54, 1.807) is 6.07 Å². The molecule has 1 heterocycles. The Morgan fingerprint density at radius 3 is 2.88 bits per heavy atom. The number of likely N-dealkylation sites (N-methyl/N-ethyl adjacent to an activating group) is 1. The number of hydrogen-bond donors (Lipinski definition) is 0. The second kappa shape index (κ2) is 4.77. The Morgan fingerprint density at radius 2 is 2.24 bits per heavy atom. The molecule has 0 aliphatic carbocycles. The molecule has 90 valence electrons. The number of carbonyl (C=O) groups is 1. The minimum Gasteiger partial charge on any atom is -0.358 e. The van der Waals surface area contributed by atoms with Gasteiger partial charge in [-0.15, -0.1) is 0 Å². The van der Waals surface area contributed by atoms with Crippen molar-refractivity contribution in [3.63, 3.8) is 0 Å². The first-order valence-corrected chi connectivity index (χ1v) is 5.52. The van der Waals surface area contributed by atoms with Crippen molar-refractivity contribution in [2.75, 3.05) is 14.1 Å². The van der Waals surface area contributed by atoms with Crippen LogP contribution in [0.3, 0.4) is 0 Å². The molecule has 0 bridgehead atoms. The van der Waals surface area contributed by atoms with Gasteiger partial charge in [0.05, 0.1) is 6.61 Å². The third kappa shape index (κ3) is 2.43. The molecule has 1 aromatic rings. The van der Waals surface area contributed by atoms with Gasteiger partial charge >= 0.3 is 0 Å². The highest BCUT2D eigenvalue weighted by molar-refractivity contribution is 5.97. The van der Waals surface area contributed by atoms with E-state index < -0.39 is 0 Å². The maximum Gasteiger partial charge on any atom is 0.276 e. The molecule has 0 N–H and O–H groups in total. The van der Waals surface area contributed by atoms with Crippen LogP contribution in [0.15, 0.2) is 23.2 Å². The van der Waals surface area contributed by atoms with Gasteiger partial charge in [-0.05, 0) is 44.1 Å². The standard InChI is InChI=1S/C13H16N2O2/c1-14-13(16)9-4-5-10-8-17-12(15(2)3)7-11(10)6-9/h4-6,12H,1,7-8H2,2-3H3. The molecule has 4 nitrogen and oxygen atoms in total. The SMILES string of the molecule is C=NC(=O)c1ccc2c(c1)CC(N(C)C)OC2. The van der Waals surface area contributed by atoms with Crippen LogP contribution in [0.4, 0.5) is 0 Å². The molecule has 1 unspecified atom stereocenters. The molecule has 1 aliphatic heterocycles. The predicted molar refractivity (Wildman–Crippen MR) is 66.3 cm³/mol. The molecule has 1 aromatic carbocycles. The highest BCUT2D eigenvalue weighted by Crippen LogP contribution is 2.23. The number of rotatable bonds is 2. The molecule has 1 atom stereocenters. The average molecular weight is 232 g/mol. The first-order chi connectivity index (χ1) is 8.11. The van der Waals surface area contributed by atoms with E-state index in [9.17, 15) is 4.79 Å². The minimum absolute atomic E-state index is 0.0737.